The fourth-order valence-electron chi connectivity index (χ4n) is 2.30. The Labute approximate surface area is 145 Å². The molecule has 0 bridgehead atoms. The van der Waals surface area contributed by atoms with Gasteiger partial charge in [-0.2, -0.15) is 4.31 Å². The summed E-state index contributed by atoms with van der Waals surface area (Å²) in [6.07, 6.45) is 4.97. The molecule has 0 N–H and O–H groups in total. The van der Waals surface area contributed by atoms with Crippen molar-refractivity contribution in [2.24, 2.45) is 4.99 Å². The molecule has 0 aliphatic carbocycles. The summed E-state index contributed by atoms with van der Waals surface area (Å²) >= 11 is 6.12. The van der Waals surface area contributed by atoms with Crippen LogP contribution in [0.2, 0.25) is 5.02 Å². The van der Waals surface area contributed by atoms with Gasteiger partial charge in [0.25, 0.3) is 0 Å². The van der Waals surface area contributed by atoms with Gasteiger partial charge in [-0.05, 0) is 24.3 Å². The number of ether oxygens (including phenoxy) is 1. The van der Waals surface area contributed by atoms with Crippen molar-refractivity contribution in [2.75, 3.05) is 26.3 Å². The van der Waals surface area contributed by atoms with Crippen LogP contribution in [-0.2, 0) is 14.8 Å². The van der Waals surface area contributed by atoms with Crippen molar-refractivity contribution in [2.45, 2.75) is 4.90 Å². The van der Waals surface area contributed by atoms with E-state index in [2.05, 4.69) is 9.98 Å². The second-order valence-corrected chi connectivity index (χ2v) is 7.49. The first-order valence-electron chi connectivity index (χ1n) is 7.39. The summed E-state index contributed by atoms with van der Waals surface area (Å²) in [5, 5.41) is 0.182. The maximum absolute atomic E-state index is 12.8. The van der Waals surface area contributed by atoms with E-state index in [-0.39, 0.29) is 9.92 Å². The molecule has 126 valence electrons. The highest BCUT2D eigenvalue weighted by Crippen LogP contribution is 2.29. The molecule has 1 aliphatic rings. The van der Waals surface area contributed by atoms with Gasteiger partial charge < -0.3 is 4.74 Å². The van der Waals surface area contributed by atoms with Gasteiger partial charge in [-0.3, -0.25) is 9.98 Å². The van der Waals surface area contributed by atoms with Crippen molar-refractivity contribution in [1.29, 1.82) is 0 Å². The highest BCUT2D eigenvalue weighted by atomic mass is 35.5. The first-order chi connectivity index (χ1) is 11.6. The van der Waals surface area contributed by atoms with Crippen LogP contribution < -0.4 is 0 Å². The number of benzene rings is 1. The van der Waals surface area contributed by atoms with Gasteiger partial charge in [0, 0.05) is 37.3 Å². The molecule has 0 spiro atoms. The first kappa shape index (κ1) is 17.0. The monoisotopic (exact) mass is 365 g/mol. The molecule has 2 heterocycles. The highest BCUT2D eigenvalue weighted by molar-refractivity contribution is 7.89. The predicted octanol–water partition coefficient (Wildman–Crippen LogP) is 2.51. The third kappa shape index (κ3) is 3.81. The van der Waals surface area contributed by atoms with Gasteiger partial charge in [0.2, 0.25) is 10.0 Å². The van der Waals surface area contributed by atoms with Crippen LogP contribution in [0.1, 0.15) is 5.56 Å². The largest absolute Gasteiger partial charge is 0.379 e. The second kappa shape index (κ2) is 7.40. The normalized spacial score (nSPS) is 16.5. The first-order valence-corrected chi connectivity index (χ1v) is 9.21. The third-order valence-corrected chi connectivity index (χ3v) is 5.93. The highest BCUT2D eigenvalue weighted by Gasteiger charge is 2.28. The van der Waals surface area contributed by atoms with Crippen LogP contribution in [0.15, 0.2) is 52.6 Å². The minimum absolute atomic E-state index is 0.0619. The number of hydrogen-bond donors (Lipinski definition) is 0. The molecule has 3 rings (SSSR count). The van der Waals surface area contributed by atoms with Crippen molar-refractivity contribution in [1.82, 2.24) is 9.29 Å². The summed E-state index contributed by atoms with van der Waals surface area (Å²) in [6.45, 7) is 1.41. The summed E-state index contributed by atoms with van der Waals surface area (Å²) < 4.78 is 32.1. The Kier molecular flexibility index (Phi) is 5.25. The van der Waals surface area contributed by atoms with Crippen molar-refractivity contribution in [3.8, 4) is 0 Å². The van der Waals surface area contributed by atoms with E-state index in [1.807, 2.05) is 6.07 Å². The zero-order chi connectivity index (χ0) is 17.0. The third-order valence-electron chi connectivity index (χ3n) is 3.55. The van der Waals surface area contributed by atoms with E-state index >= 15 is 0 Å². The Hall–Kier alpha value is -1.80. The molecule has 2 aromatic rings. The SMILES string of the molecule is O=S(=O)(c1cc(N=Cc2cccnc2)ccc1Cl)N1CCOCC1. The van der Waals surface area contributed by atoms with Gasteiger partial charge in [0.05, 0.1) is 23.9 Å². The lowest BCUT2D eigenvalue weighted by atomic mass is 10.3. The quantitative estimate of drug-likeness (QED) is 0.780. The number of rotatable bonds is 4. The van der Waals surface area contributed by atoms with E-state index in [0.29, 0.717) is 32.0 Å². The Morgan fingerprint density at radius 1 is 1.25 bits per heavy atom. The fraction of sp³-hybridized carbons (Fsp3) is 0.250. The smallest absolute Gasteiger partial charge is 0.244 e. The number of sulfonamides is 1. The Bertz CT molecular complexity index is 835. The zero-order valence-electron chi connectivity index (χ0n) is 12.8. The van der Waals surface area contributed by atoms with Crippen molar-refractivity contribution >= 4 is 33.5 Å². The van der Waals surface area contributed by atoms with Crippen LogP contribution in [-0.4, -0.2) is 50.2 Å². The molecule has 1 aromatic carbocycles. The molecule has 6 nitrogen and oxygen atoms in total. The van der Waals surface area contributed by atoms with Gasteiger partial charge >= 0.3 is 0 Å². The molecular formula is C16H16ClN3O3S. The fourth-order valence-corrected chi connectivity index (χ4v) is 4.20. The number of aliphatic imine (C=N–C) groups is 1. The molecule has 8 heteroatoms. The molecule has 0 saturated carbocycles. The Balaban J connectivity index is 1.90. The molecule has 1 aliphatic heterocycles. The van der Waals surface area contributed by atoms with E-state index < -0.39 is 10.0 Å². The lowest BCUT2D eigenvalue weighted by molar-refractivity contribution is 0.0730. The van der Waals surface area contributed by atoms with Crippen LogP contribution in [0, 0.1) is 0 Å². The van der Waals surface area contributed by atoms with E-state index in [1.165, 1.54) is 10.4 Å². The minimum atomic E-state index is -3.66. The van der Waals surface area contributed by atoms with Crippen LogP contribution in [0.25, 0.3) is 0 Å². The maximum Gasteiger partial charge on any atom is 0.244 e. The van der Waals surface area contributed by atoms with Crippen molar-refractivity contribution in [3.63, 3.8) is 0 Å². The van der Waals surface area contributed by atoms with Gasteiger partial charge in [-0.15, -0.1) is 0 Å². The summed E-state index contributed by atoms with van der Waals surface area (Å²) in [5.74, 6) is 0. The zero-order valence-corrected chi connectivity index (χ0v) is 14.4. The molecule has 0 unspecified atom stereocenters. The van der Waals surface area contributed by atoms with Gasteiger partial charge in [0.15, 0.2) is 0 Å². The van der Waals surface area contributed by atoms with Crippen LogP contribution in [0.5, 0.6) is 0 Å². The number of halogens is 1. The van der Waals surface area contributed by atoms with Crippen molar-refractivity contribution in [3.05, 3.63) is 53.3 Å². The van der Waals surface area contributed by atoms with Crippen LogP contribution in [0.4, 0.5) is 5.69 Å². The molecule has 1 fully saturated rings. The summed E-state index contributed by atoms with van der Waals surface area (Å²) in [4.78, 5) is 8.37. The van der Waals surface area contributed by atoms with E-state index in [4.69, 9.17) is 16.3 Å². The second-order valence-electron chi connectivity index (χ2n) is 5.18. The molecule has 1 aromatic heterocycles. The average molecular weight is 366 g/mol. The van der Waals surface area contributed by atoms with Crippen LogP contribution in [0.3, 0.4) is 0 Å². The molecular weight excluding hydrogens is 350 g/mol. The number of hydrogen-bond acceptors (Lipinski definition) is 5. The summed E-state index contributed by atoms with van der Waals surface area (Å²) in [5.41, 5.74) is 1.33. The number of pyridine rings is 1. The van der Waals surface area contributed by atoms with Gasteiger partial charge in [-0.25, -0.2) is 8.42 Å². The minimum Gasteiger partial charge on any atom is -0.379 e. The topological polar surface area (TPSA) is 71.9 Å². The molecule has 0 amide bonds. The number of morpholine rings is 1. The molecule has 1 saturated heterocycles. The Morgan fingerprint density at radius 3 is 2.75 bits per heavy atom. The number of aromatic nitrogens is 1. The standard InChI is InChI=1S/C16H16ClN3O3S/c17-15-4-3-14(19-12-13-2-1-5-18-11-13)10-16(15)24(21,22)20-6-8-23-9-7-20/h1-5,10-12H,6-9H2. The maximum atomic E-state index is 12.8. The average Bonchev–Trinajstić information content (AvgIpc) is 2.62. The van der Waals surface area contributed by atoms with E-state index in [1.54, 1.807) is 36.8 Å². The number of nitrogens with zero attached hydrogens (tertiary/aromatic N) is 3. The van der Waals surface area contributed by atoms with E-state index in [0.717, 1.165) is 5.56 Å². The lowest BCUT2D eigenvalue weighted by Gasteiger charge is -2.26. The predicted molar refractivity (Wildman–Crippen MR) is 92.5 cm³/mol. The molecule has 24 heavy (non-hydrogen) atoms. The summed E-state index contributed by atoms with van der Waals surface area (Å²) in [6, 6.07) is 8.37. The van der Waals surface area contributed by atoms with Crippen molar-refractivity contribution < 1.29 is 13.2 Å². The molecule has 0 atom stereocenters. The Morgan fingerprint density at radius 2 is 2.04 bits per heavy atom. The molecule has 0 radical (unpaired) electrons. The van der Waals surface area contributed by atoms with E-state index in [9.17, 15) is 8.42 Å². The van der Waals surface area contributed by atoms with Gasteiger partial charge in [0.1, 0.15) is 4.90 Å². The lowest BCUT2D eigenvalue weighted by Crippen LogP contribution is -2.40. The summed E-state index contributed by atoms with van der Waals surface area (Å²) in [7, 11) is -3.66. The van der Waals surface area contributed by atoms with Gasteiger partial charge in [-0.1, -0.05) is 17.7 Å². The van der Waals surface area contributed by atoms with Crippen LogP contribution >= 0.6 is 11.6 Å².